The van der Waals surface area contributed by atoms with Crippen LogP contribution in [0.15, 0.2) is 48.5 Å². The third kappa shape index (κ3) is 4.66. The second-order valence-electron chi connectivity index (χ2n) is 5.91. The Bertz CT molecular complexity index is 700. The van der Waals surface area contributed by atoms with E-state index in [0.717, 1.165) is 35.8 Å². The number of anilines is 1. The number of carbonyl (C=O) groups is 1. The highest BCUT2D eigenvalue weighted by molar-refractivity contribution is 5.78. The molecule has 0 fully saturated rings. The molecule has 132 valence electrons. The van der Waals surface area contributed by atoms with Crippen LogP contribution in [0.25, 0.3) is 0 Å². The zero-order valence-electron chi connectivity index (χ0n) is 14.5. The van der Waals surface area contributed by atoms with Gasteiger partial charge in [0.15, 0.2) is 0 Å². The summed E-state index contributed by atoms with van der Waals surface area (Å²) in [7, 11) is 0. The molecule has 5 nitrogen and oxygen atoms in total. The minimum Gasteiger partial charge on any atom is -0.494 e. The van der Waals surface area contributed by atoms with Crippen molar-refractivity contribution in [3.8, 4) is 11.5 Å². The molecule has 0 aliphatic carbocycles. The van der Waals surface area contributed by atoms with Gasteiger partial charge in [0.05, 0.1) is 25.3 Å². The van der Waals surface area contributed by atoms with E-state index < -0.39 is 0 Å². The highest BCUT2D eigenvalue weighted by Gasteiger charge is 2.16. The molecule has 0 saturated heterocycles. The molecule has 1 amide bonds. The average molecular weight is 340 g/mol. The molecule has 1 heterocycles. The van der Waals surface area contributed by atoms with Crippen LogP contribution in [0.4, 0.5) is 5.69 Å². The van der Waals surface area contributed by atoms with Crippen molar-refractivity contribution in [2.45, 2.75) is 13.3 Å². The standard InChI is InChI=1S/C20H24N2O3/c1-2-24-17-9-7-16(8-10-17)15-20(23)21-11-12-22-13-14-25-19-6-4-3-5-18(19)22/h3-10H,2,11-15H2,1H3,(H,21,23). The van der Waals surface area contributed by atoms with E-state index in [0.29, 0.717) is 26.2 Å². The molecule has 1 aliphatic heterocycles. The number of fused-ring (bicyclic) bond motifs is 1. The van der Waals surface area contributed by atoms with Crippen LogP contribution in [0.1, 0.15) is 12.5 Å². The lowest BCUT2D eigenvalue weighted by Gasteiger charge is -2.31. The minimum atomic E-state index is 0.0331. The molecule has 3 rings (SSSR count). The molecule has 0 aromatic heterocycles. The Morgan fingerprint density at radius 1 is 1.20 bits per heavy atom. The number of nitrogens with zero attached hydrogens (tertiary/aromatic N) is 1. The molecule has 2 aromatic carbocycles. The first-order chi connectivity index (χ1) is 12.3. The topological polar surface area (TPSA) is 50.8 Å². The fourth-order valence-electron chi connectivity index (χ4n) is 2.91. The van der Waals surface area contributed by atoms with Gasteiger partial charge in [-0.05, 0) is 36.8 Å². The molecular weight excluding hydrogens is 316 g/mol. The number of para-hydroxylation sites is 2. The lowest BCUT2D eigenvalue weighted by Crippen LogP contribution is -2.39. The van der Waals surface area contributed by atoms with Gasteiger partial charge in [0.1, 0.15) is 18.1 Å². The second-order valence-corrected chi connectivity index (χ2v) is 5.91. The van der Waals surface area contributed by atoms with Gasteiger partial charge in [-0.3, -0.25) is 4.79 Å². The van der Waals surface area contributed by atoms with Crippen molar-refractivity contribution in [2.24, 2.45) is 0 Å². The van der Waals surface area contributed by atoms with Crippen LogP contribution >= 0.6 is 0 Å². The first-order valence-corrected chi connectivity index (χ1v) is 8.71. The molecule has 25 heavy (non-hydrogen) atoms. The summed E-state index contributed by atoms with van der Waals surface area (Å²) in [4.78, 5) is 14.4. The van der Waals surface area contributed by atoms with Crippen molar-refractivity contribution in [1.82, 2.24) is 5.32 Å². The zero-order valence-corrected chi connectivity index (χ0v) is 14.5. The van der Waals surface area contributed by atoms with Gasteiger partial charge in [-0.25, -0.2) is 0 Å². The van der Waals surface area contributed by atoms with Crippen molar-refractivity contribution in [2.75, 3.05) is 37.7 Å². The van der Waals surface area contributed by atoms with Crippen LogP contribution < -0.4 is 19.7 Å². The fourth-order valence-corrected chi connectivity index (χ4v) is 2.91. The Hall–Kier alpha value is -2.69. The summed E-state index contributed by atoms with van der Waals surface area (Å²) < 4.78 is 11.1. The Kier molecular flexibility index (Phi) is 5.77. The van der Waals surface area contributed by atoms with Crippen molar-refractivity contribution < 1.29 is 14.3 Å². The van der Waals surface area contributed by atoms with E-state index in [-0.39, 0.29) is 5.91 Å². The molecule has 0 unspecified atom stereocenters. The highest BCUT2D eigenvalue weighted by Crippen LogP contribution is 2.30. The third-order valence-electron chi connectivity index (χ3n) is 4.13. The van der Waals surface area contributed by atoms with E-state index in [4.69, 9.17) is 9.47 Å². The molecule has 2 aromatic rings. The number of rotatable bonds is 7. The smallest absolute Gasteiger partial charge is 0.224 e. The van der Waals surface area contributed by atoms with Crippen LogP contribution in [0, 0.1) is 0 Å². The van der Waals surface area contributed by atoms with Crippen LogP contribution in [0.5, 0.6) is 11.5 Å². The normalized spacial score (nSPS) is 12.9. The summed E-state index contributed by atoms with van der Waals surface area (Å²) in [6.07, 6.45) is 0.381. The molecule has 0 saturated carbocycles. The summed E-state index contributed by atoms with van der Waals surface area (Å²) in [5.41, 5.74) is 2.08. The predicted molar refractivity (Wildman–Crippen MR) is 98.5 cm³/mol. The predicted octanol–water partition coefficient (Wildman–Crippen LogP) is 2.64. The van der Waals surface area contributed by atoms with Gasteiger partial charge >= 0.3 is 0 Å². The Balaban J connectivity index is 1.45. The largest absolute Gasteiger partial charge is 0.494 e. The van der Waals surface area contributed by atoms with E-state index in [9.17, 15) is 4.79 Å². The summed E-state index contributed by atoms with van der Waals surface area (Å²) >= 11 is 0. The molecule has 1 aliphatic rings. The first kappa shape index (κ1) is 17.1. The quantitative estimate of drug-likeness (QED) is 0.842. The third-order valence-corrected chi connectivity index (χ3v) is 4.13. The van der Waals surface area contributed by atoms with Gasteiger partial charge in [0.25, 0.3) is 0 Å². The number of carbonyl (C=O) groups excluding carboxylic acids is 1. The first-order valence-electron chi connectivity index (χ1n) is 8.71. The van der Waals surface area contributed by atoms with Crippen LogP contribution in [0.3, 0.4) is 0 Å². The molecule has 0 atom stereocenters. The maximum Gasteiger partial charge on any atom is 0.224 e. The van der Waals surface area contributed by atoms with E-state index in [1.165, 1.54) is 0 Å². The lowest BCUT2D eigenvalue weighted by atomic mass is 10.1. The monoisotopic (exact) mass is 340 g/mol. The zero-order chi connectivity index (χ0) is 17.5. The van der Waals surface area contributed by atoms with Gasteiger partial charge in [-0.1, -0.05) is 24.3 Å². The number of amides is 1. The average Bonchev–Trinajstić information content (AvgIpc) is 2.64. The van der Waals surface area contributed by atoms with Crippen molar-refractivity contribution in [3.05, 3.63) is 54.1 Å². The molecule has 0 spiro atoms. The van der Waals surface area contributed by atoms with Crippen molar-refractivity contribution in [3.63, 3.8) is 0 Å². The van der Waals surface area contributed by atoms with Gasteiger partial charge in [-0.2, -0.15) is 0 Å². The summed E-state index contributed by atoms with van der Waals surface area (Å²) in [6.45, 7) is 5.50. The van der Waals surface area contributed by atoms with Crippen molar-refractivity contribution in [1.29, 1.82) is 0 Å². The Labute approximate surface area is 148 Å². The number of hydrogen-bond donors (Lipinski definition) is 1. The lowest BCUT2D eigenvalue weighted by molar-refractivity contribution is -0.120. The minimum absolute atomic E-state index is 0.0331. The van der Waals surface area contributed by atoms with E-state index in [2.05, 4.69) is 16.3 Å². The number of nitrogens with one attached hydrogen (secondary N) is 1. The molecular formula is C20H24N2O3. The van der Waals surface area contributed by atoms with Gasteiger partial charge in [0, 0.05) is 13.1 Å². The fraction of sp³-hybridized carbons (Fsp3) is 0.350. The number of benzene rings is 2. The van der Waals surface area contributed by atoms with Gasteiger partial charge in [0.2, 0.25) is 5.91 Å². The summed E-state index contributed by atoms with van der Waals surface area (Å²) in [5, 5.41) is 3.00. The molecule has 0 radical (unpaired) electrons. The maximum atomic E-state index is 12.1. The van der Waals surface area contributed by atoms with Gasteiger partial charge < -0.3 is 19.7 Å². The SMILES string of the molecule is CCOc1ccc(CC(=O)NCCN2CCOc3ccccc32)cc1. The van der Waals surface area contributed by atoms with Gasteiger partial charge in [-0.15, -0.1) is 0 Å². The number of ether oxygens (including phenoxy) is 2. The summed E-state index contributed by atoms with van der Waals surface area (Å²) in [6, 6.07) is 15.7. The van der Waals surface area contributed by atoms with Crippen LogP contribution in [0.2, 0.25) is 0 Å². The van der Waals surface area contributed by atoms with Crippen LogP contribution in [-0.4, -0.2) is 38.8 Å². The molecule has 5 heteroatoms. The van der Waals surface area contributed by atoms with E-state index in [1.807, 2.05) is 49.4 Å². The van der Waals surface area contributed by atoms with E-state index in [1.54, 1.807) is 0 Å². The molecule has 0 bridgehead atoms. The van der Waals surface area contributed by atoms with Crippen LogP contribution in [-0.2, 0) is 11.2 Å². The Morgan fingerprint density at radius 3 is 2.80 bits per heavy atom. The number of hydrogen-bond acceptors (Lipinski definition) is 4. The highest BCUT2D eigenvalue weighted by atomic mass is 16.5. The Morgan fingerprint density at radius 2 is 2.00 bits per heavy atom. The second kappa shape index (κ2) is 8.42. The molecule has 1 N–H and O–H groups in total. The van der Waals surface area contributed by atoms with Crippen molar-refractivity contribution >= 4 is 11.6 Å². The maximum absolute atomic E-state index is 12.1. The van der Waals surface area contributed by atoms with E-state index >= 15 is 0 Å². The summed E-state index contributed by atoms with van der Waals surface area (Å²) in [5.74, 6) is 1.78.